The smallest absolute Gasteiger partial charge is 0.406 e. The fraction of sp³-hybridized carbons (Fsp3) is 0.417. The lowest BCUT2D eigenvalue weighted by molar-refractivity contribution is -0.274. The fourth-order valence-corrected chi connectivity index (χ4v) is 3.82. The Morgan fingerprint density at radius 2 is 1.66 bits per heavy atom. The normalized spacial score (nSPS) is 13.8. The van der Waals surface area contributed by atoms with E-state index in [0.29, 0.717) is 23.1 Å². The minimum atomic E-state index is -4.74. The van der Waals surface area contributed by atoms with E-state index in [1.807, 2.05) is 6.07 Å². The molecule has 1 nitrogen and oxygen atoms in total. The van der Waals surface area contributed by atoms with Crippen molar-refractivity contribution < 1.29 is 22.3 Å². The molecule has 2 aromatic rings. The van der Waals surface area contributed by atoms with Crippen LogP contribution in [-0.4, -0.2) is 6.36 Å². The van der Waals surface area contributed by atoms with Gasteiger partial charge in [-0.15, -0.1) is 13.2 Å². The number of hydrogen-bond acceptors (Lipinski definition) is 1. The van der Waals surface area contributed by atoms with Gasteiger partial charge in [0.05, 0.1) is 0 Å². The molecular weight excluding hydrogens is 380 g/mol. The molecule has 0 aliphatic heterocycles. The van der Waals surface area contributed by atoms with Gasteiger partial charge in [0.15, 0.2) is 0 Å². The maximum atomic E-state index is 15.1. The summed E-state index contributed by atoms with van der Waals surface area (Å²) < 4.78 is 55.8. The van der Waals surface area contributed by atoms with Crippen molar-refractivity contribution in [3.63, 3.8) is 0 Å². The van der Waals surface area contributed by atoms with E-state index in [1.165, 1.54) is 61.9 Å². The largest absolute Gasteiger partial charge is 0.573 e. The van der Waals surface area contributed by atoms with Gasteiger partial charge >= 0.3 is 6.36 Å². The first-order valence-corrected chi connectivity index (χ1v) is 10.2. The van der Waals surface area contributed by atoms with Crippen molar-refractivity contribution in [2.24, 2.45) is 0 Å². The van der Waals surface area contributed by atoms with Gasteiger partial charge in [0.2, 0.25) is 0 Å². The molecule has 0 radical (unpaired) electrons. The summed E-state index contributed by atoms with van der Waals surface area (Å²) in [7, 11) is 0. The molecule has 0 saturated heterocycles. The molecule has 0 N–H and O–H groups in total. The van der Waals surface area contributed by atoms with Crippen LogP contribution in [0.1, 0.15) is 56.6 Å². The van der Waals surface area contributed by atoms with Gasteiger partial charge in [-0.25, -0.2) is 4.39 Å². The molecule has 0 spiro atoms. The number of ether oxygens (including phenoxy) is 1. The highest BCUT2D eigenvalue weighted by atomic mass is 19.4. The molecule has 3 rings (SSSR count). The average molecular weight is 406 g/mol. The van der Waals surface area contributed by atoms with Gasteiger partial charge in [-0.05, 0) is 54.5 Å². The number of allylic oxidation sites excluding steroid dienone is 2. The summed E-state index contributed by atoms with van der Waals surface area (Å²) in [6, 6.07) is 8.98. The first kappa shape index (κ1) is 21.4. The second kappa shape index (κ2) is 9.47. The van der Waals surface area contributed by atoms with Gasteiger partial charge in [0, 0.05) is 5.56 Å². The summed E-state index contributed by atoms with van der Waals surface area (Å²) >= 11 is 0. The summed E-state index contributed by atoms with van der Waals surface area (Å²) in [5.41, 5.74) is 4.00. The van der Waals surface area contributed by atoms with Gasteiger partial charge in [-0.2, -0.15) is 0 Å². The van der Waals surface area contributed by atoms with Gasteiger partial charge < -0.3 is 4.74 Å². The number of unbranched alkanes of at least 4 members (excludes halogenated alkanes) is 4. The fourth-order valence-electron chi connectivity index (χ4n) is 3.82. The quantitative estimate of drug-likeness (QED) is 0.247. The molecule has 0 amide bonds. The van der Waals surface area contributed by atoms with E-state index in [4.69, 9.17) is 0 Å². The Labute approximate surface area is 169 Å². The van der Waals surface area contributed by atoms with E-state index in [-0.39, 0.29) is 11.6 Å². The van der Waals surface area contributed by atoms with Crippen LogP contribution in [0.25, 0.3) is 11.1 Å². The standard InChI is InChI=1S/C24H26F4O/c1-2-3-4-5-6-7-17-8-14-22-19(16-17)11-15-21(23(22)25)18-9-12-20(13-10-18)29-24(26,27)28/h8-13,15H,2-7,14,16H2,1H3. The highest BCUT2D eigenvalue weighted by Gasteiger charge is 2.31. The number of fused-ring (bicyclic) bond motifs is 1. The molecule has 1 aliphatic carbocycles. The Balaban J connectivity index is 1.68. The zero-order valence-corrected chi connectivity index (χ0v) is 16.6. The van der Waals surface area contributed by atoms with Crippen LogP contribution in [0.3, 0.4) is 0 Å². The lowest BCUT2D eigenvalue weighted by Crippen LogP contribution is -2.16. The SMILES string of the molecule is CCCCCCCC1=CCc2c(ccc(-c3ccc(OC(F)(F)F)cc3)c2F)C1. The Hall–Kier alpha value is -2.30. The lowest BCUT2D eigenvalue weighted by Gasteiger charge is -2.20. The van der Waals surface area contributed by atoms with Crippen molar-refractivity contribution in [2.45, 2.75) is 64.7 Å². The van der Waals surface area contributed by atoms with Crippen LogP contribution >= 0.6 is 0 Å². The summed E-state index contributed by atoms with van der Waals surface area (Å²) in [5.74, 6) is -0.601. The average Bonchev–Trinajstić information content (AvgIpc) is 2.68. The summed E-state index contributed by atoms with van der Waals surface area (Å²) in [5, 5.41) is 0. The summed E-state index contributed by atoms with van der Waals surface area (Å²) in [6.45, 7) is 2.20. The Morgan fingerprint density at radius 3 is 2.34 bits per heavy atom. The predicted octanol–water partition coefficient (Wildman–Crippen LogP) is 7.78. The molecule has 156 valence electrons. The zero-order valence-electron chi connectivity index (χ0n) is 16.6. The van der Waals surface area contributed by atoms with Crippen LogP contribution < -0.4 is 4.74 Å². The molecule has 5 heteroatoms. The first-order chi connectivity index (χ1) is 13.9. The van der Waals surface area contributed by atoms with E-state index in [2.05, 4.69) is 17.7 Å². The maximum absolute atomic E-state index is 15.1. The molecule has 1 aliphatic rings. The van der Waals surface area contributed by atoms with Crippen molar-refractivity contribution in [2.75, 3.05) is 0 Å². The second-order valence-electron chi connectivity index (χ2n) is 7.54. The van der Waals surface area contributed by atoms with Gasteiger partial charge in [0.25, 0.3) is 0 Å². The lowest BCUT2D eigenvalue weighted by atomic mass is 9.86. The molecule has 0 saturated carbocycles. The van der Waals surface area contributed by atoms with Crippen molar-refractivity contribution >= 4 is 0 Å². The highest BCUT2D eigenvalue weighted by molar-refractivity contribution is 5.67. The number of hydrogen-bond donors (Lipinski definition) is 0. The van der Waals surface area contributed by atoms with Crippen molar-refractivity contribution in [1.82, 2.24) is 0 Å². The minimum absolute atomic E-state index is 0.287. The first-order valence-electron chi connectivity index (χ1n) is 10.2. The number of alkyl halides is 3. The van der Waals surface area contributed by atoms with Crippen LogP contribution in [0.5, 0.6) is 5.75 Å². The van der Waals surface area contributed by atoms with Crippen LogP contribution in [-0.2, 0) is 12.8 Å². The predicted molar refractivity (Wildman–Crippen MR) is 107 cm³/mol. The van der Waals surface area contributed by atoms with Crippen LogP contribution in [0, 0.1) is 5.82 Å². The maximum Gasteiger partial charge on any atom is 0.573 e. The monoisotopic (exact) mass is 406 g/mol. The van der Waals surface area contributed by atoms with Crippen molar-refractivity contribution in [3.05, 3.63) is 65.0 Å². The molecule has 0 aromatic heterocycles. The minimum Gasteiger partial charge on any atom is -0.406 e. The number of rotatable bonds is 8. The summed E-state index contributed by atoms with van der Waals surface area (Å²) in [4.78, 5) is 0. The number of halogens is 4. The van der Waals surface area contributed by atoms with Crippen molar-refractivity contribution in [3.8, 4) is 16.9 Å². The highest BCUT2D eigenvalue weighted by Crippen LogP contribution is 2.33. The van der Waals surface area contributed by atoms with Crippen LogP contribution in [0.2, 0.25) is 0 Å². The molecule has 0 fully saturated rings. The Bertz CT molecular complexity index is 850. The van der Waals surface area contributed by atoms with E-state index in [0.717, 1.165) is 18.4 Å². The van der Waals surface area contributed by atoms with Gasteiger partial charge in [0.1, 0.15) is 11.6 Å². The number of benzene rings is 2. The van der Waals surface area contributed by atoms with E-state index >= 15 is 4.39 Å². The zero-order chi connectivity index (χ0) is 20.9. The molecule has 0 heterocycles. The van der Waals surface area contributed by atoms with E-state index < -0.39 is 6.36 Å². The Kier molecular flexibility index (Phi) is 6.99. The molecule has 0 unspecified atom stereocenters. The topological polar surface area (TPSA) is 9.23 Å². The van der Waals surface area contributed by atoms with E-state index in [1.54, 1.807) is 6.07 Å². The van der Waals surface area contributed by atoms with Crippen LogP contribution in [0.4, 0.5) is 17.6 Å². The van der Waals surface area contributed by atoms with Gasteiger partial charge in [-0.1, -0.05) is 68.5 Å². The summed E-state index contributed by atoms with van der Waals surface area (Å²) in [6.07, 6.45) is 5.99. The third-order valence-electron chi connectivity index (χ3n) is 5.35. The Morgan fingerprint density at radius 1 is 0.931 bits per heavy atom. The molecular formula is C24H26F4O. The second-order valence-corrected chi connectivity index (χ2v) is 7.54. The molecule has 0 atom stereocenters. The molecule has 2 aromatic carbocycles. The van der Waals surface area contributed by atoms with Gasteiger partial charge in [-0.3, -0.25) is 0 Å². The molecule has 29 heavy (non-hydrogen) atoms. The van der Waals surface area contributed by atoms with E-state index in [9.17, 15) is 13.2 Å². The third-order valence-corrected chi connectivity index (χ3v) is 5.35. The van der Waals surface area contributed by atoms with Crippen LogP contribution in [0.15, 0.2) is 48.0 Å². The molecule has 0 bridgehead atoms. The van der Waals surface area contributed by atoms with Crippen molar-refractivity contribution in [1.29, 1.82) is 0 Å². The third kappa shape index (κ3) is 5.84.